The van der Waals surface area contributed by atoms with Gasteiger partial charge in [-0.05, 0) is 48.6 Å². The van der Waals surface area contributed by atoms with Crippen LogP contribution in [0.2, 0.25) is 0 Å². The number of aromatic hydroxyl groups is 1. The molecule has 7 N–H and O–H groups in total. The van der Waals surface area contributed by atoms with Crippen molar-refractivity contribution in [3.8, 4) is 28.9 Å². The Hall–Kier alpha value is -4.31. The predicted molar refractivity (Wildman–Crippen MR) is 141 cm³/mol. The second-order valence-corrected chi connectivity index (χ2v) is 10.2. The molecule has 0 radical (unpaired) electrons. The number of pyridine rings is 1. The second-order valence-electron chi connectivity index (χ2n) is 8.66. The number of nitrogen functional groups attached to an aromatic ring is 1. The van der Waals surface area contributed by atoms with Crippen molar-refractivity contribution in [3.05, 3.63) is 65.4 Å². The average Bonchev–Trinajstić information content (AvgIpc) is 3.34. The first-order chi connectivity index (χ1) is 19.0. The van der Waals surface area contributed by atoms with Gasteiger partial charge in [0.05, 0.1) is 6.20 Å². The number of nitrogens with two attached hydrogens (primary N) is 2. The Morgan fingerprint density at radius 2 is 2.02 bits per heavy atom. The second kappa shape index (κ2) is 11.8. The van der Waals surface area contributed by atoms with Crippen molar-refractivity contribution in [2.75, 3.05) is 19.3 Å². The standard InChI is InChI=1S/C25H24F2N6O6S/c1-33-7-6-31-23(33)14-9-13(40(37)11-16(28)25(35)36)3-5-18(14)38-21-15(26)10-32-24(20(21)27)39-19-8-12(22(29)30)2-4-17(19)34/h2-6,8-10,16,23,34H,7,11,28H2,1H3,(H3,29,30)(H,35,36). The lowest BCUT2D eigenvalue weighted by molar-refractivity contribution is -0.137. The van der Waals surface area contributed by atoms with Gasteiger partial charge in [0.15, 0.2) is 22.2 Å². The number of carboxylic acid groups (broad SMARTS) is 1. The number of carbonyl (C=O) groups is 1. The molecule has 0 fully saturated rings. The summed E-state index contributed by atoms with van der Waals surface area (Å²) in [6, 6.07) is 6.50. The van der Waals surface area contributed by atoms with Crippen LogP contribution in [0.4, 0.5) is 8.78 Å². The van der Waals surface area contributed by atoms with Crippen LogP contribution in [0, 0.1) is 17.0 Å². The third-order valence-corrected chi connectivity index (χ3v) is 7.23. The number of amidine groups is 1. The first-order valence-corrected chi connectivity index (χ1v) is 12.9. The van der Waals surface area contributed by atoms with E-state index in [1.54, 1.807) is 18.2 Å². The Morgan fingerprint density at radius 1 is 1.27 bits per heavy atom. The molecule has 0 saturated carbocycles. The van der Waals surface area contributed by atoms with Crippen LogP contribution in [-0.4, -0.2) is 68.1 Å². The average molecular weight is 575 g/mol. The van der Waals surface area contributed by atoms with Gasteiger partial charge in [0.25, 0.3) is 5.88 Å². The van der Waals surface area contributed by atoms with Crippen molar-refractivity contribution >= 4 is 29.2 Å². The van der Waals surface area contributed by atoms with Gasteiger partial charge in [0, 0.05) is 30.0 Å². The first kappa shape index (κ1) is 28.7. The summed E-state index contributed by atoms with van der Waals surface area (Å²) in [5, 5.41) is 26.7. The van der Waals surface area contributed by atoms with E-state index in [0.717, 1.165) is 0 Å². The molecule has 12 nitrogen and oxygen atoms in total. The number of rotatable bonds is 10. The zero-order chi connectivity index (χ0) is 29.1. The van der Waals surface area contributed by atoms with Crippen LogP contribution in [-0.2, 0) is 16.0 Å². The van der Waals surface area contributed by atoms with Crippen molar-refractivity contribution in [2.24, 2.45) is 16.5 Å². The van der Waals surface area contributed by atoms with Gasteiger partial charge < -0.3 is 35.7 Å². The van der Waals surface area contributed by atoms with Gasteiger partial charge in [-0.2, -0.15) is 4.39 Å². The maximum absolute atomic E-state index is 15.4. The number of phenolic OH excluding ortho intramolecular Hbond substituents is 1. The molecule has 2 heterocycles. The molecule has 40 heavy (non-hydrogen) atoms. The molecule has 0 aliphatic carbocycles. The molecule has 4 rings (SSSR count). The Kier molecular flexibility index (Phi) is 8.49. The Labute approximate surface area is 229 Å². The predicted octanol–water partition coefficient (Wildman–Crippen LogP) is 2.47. The summed E-state index contributed by atoms with van der Waals surface area (Å²) >= 11 is -1.81. The Balaban J connectivity index is 1.70. The number of benzene rings is 2. The molecule has 1 aliphatic rings. The lowest BCUT2D eigenvalue weighted by Crippen LogP contribution is -2.37. The van der Waals surface area contributed by atoms with E-state index in [1.807, 2.05) is 0 Å². The smallest absolute Gasteiger partial charge is 0.325 e. The molecule has 0 saturated heterocycles. The zero-order valence-corrected chi connectivity index (χ0v) is 21.7. The molecule has 210 valence electrons. The van der Waals surface area contributed by atoms with Crippen molar-refractivity contribution < 1.29 is 37.8 Å². The number of aliphatic carboxylic acids is 1. The molecule has 0 amide bonds. The zero-order valence-electron chi connectivity index (χ0n) is 20.9. The van der Waals surface area contributed by atoms with Crippen molar-refractivity contribution in [1.29, 1.82) is 5.41 Å². The maximum atomic E-state index is 15.4. The number of halogens is 2. The molecule has 1 aromatic heterocycles. The number of hydrogen-bond acceptors (Lipinski definition) is 10. The van der Waals surface area contributed by atoms with Crippen LogP contribution in [0.1, 0.15) is 17.3 Å². The van der Waals surface area contributed by atoms with E-state index in [1.165, 1.54) is 36.4 Å². The summed E-state index contributed by atoms with van der Waals surface area (Å²) in [5.41, 5.74) is 11.5. The largest absolute Gasteiger partial charge is 0.611 e. The maximum Gasteiger partial charge on any atom is 0.325 e. The highest BCUT2D eigenvalue weighted by Gasteiger charge is 2.29. The number of ether oxygens (including phenoxy) is 2. The minimum absolute atomic E-state index is 0.0319. The summed E-state index contributed by atoms with van der Waals surface area (Å²) in [4.78, 5) is 21.1. The van der Waals surface area contributed by atoms with E-state index in [4.69, 9.17) is 31.5 Å². The number of nitrogens with zero attached hydrogens (tertiary/aromatic N) is 3. The normalized spacial score (nSPS) is 16.5. The third kappa shape index (κ3) is 6.12. The highest BCUT2D eigenvalue weighted by molar-refractivity contribution is 7.91. The van der Waals surface area contributed by atoms with Gasteiger partial charge in [-0.1, -0.05) is 0 Å². The number of aromatic nitrogens is 1. The van der Waals surface area contributed by atoms with Crippen molar-refractivity contribution in [2.45, 2.75) is 17.1 Å². The SMILES string of the molecule is CN1CC=NC1c1cc([S+]([O-])CC(N)C(=O)O)ccc1Oc1c(F)cnc(Oc2cc(C(=N)N)ccc2O)c1F. The minimum atomic E-state index is -1.81. The topological polar surface area (TPSA) is 203 Å². The Bertz CT molecular complexity index is 1490. The van der Waals surface area contributed by atoms with Crippen LogP contribution in [0.15, 0.2) is 52.5 Å². The lowest BCUT2D eigenvalue weighted by atomic mass is 10.1. The minimum Gasteiger partial charge on any atom is -0.611 e. The fourth-order valence-corrected chi connectivity index (χ4v) is 4.81. The van der Waals surface area contributed by atoms with Crippen LogP contribution < -0.4 is 20.9 Å². The van der Waals surface area contributed by atoms with Gasteiger partial charge in [0.1, 0.15) is 29.5 Å². The first-order valence-electron chi connectivity index (χ1n) is 11.6. The molecule has 0 bridgehead atoms. The Morgan fingerprint density at radius 3 is 2.67 bits per heavy atom. The van der Waals surface area contributed by atoms with Gasteiger partial charge >= 0.3 is 5.97 Å². The summed E-state index contributed by atoms with van der Waals surface area (Å²) in [6.07, 6.45) is 1.63. The van der Waals surface area contributed by atoms with Crippen molar-refractivity contribution in [3.63, 3.8) is 0 Å². The summed E-state index contributed by atoms with van der Waals surface area (Å²) in [7, 11) is 1.74. The fraction of sp³-hybridized carbons (Fsp3) is 0.200. The molecule has 0 spiro atoms. The van der Waals surface area contributed by atoms with Crippen molar-refractivity contribution in [1.82, 2.24) is 9.88 Å². The van der Waals surface area contributed by atoms with E-state index >= 15 is 4.39 Å². The van der Waals surface area contributed by atoms with Gasteiger partial charge in [-0.25, -0.2) is 9.37 Å². The van der Waals surface area contributed by atoms with Crippen LogP contribution in [0.5, 0.6) is 28.9 Å². The highest BCUT2D eigenvalue weighted by Crippen LogP contribution is 2.40. The van der Waals surface area contributed by atoms with Gasteiger partial charge in [0.2, 0.25) is 11.6 Å². The molecule has 1 aliphatic heterocycles. The quantitative estimate of drug-likeness (QED) is 0.136. The molecule has 15 heteroatoms. The number of carboxylic acids is 1. The fourth-order valence-electron chi connectivity index (χ4n) is 3.68. The third-order valence-electron chi connectivity index (χ3n) is 5.79. The van der Waals surface area contributed by atoms with Gasteiger partial charge in [-0.3, -0.25) is 20.1 Å². The van der Waals surface area contributed by atoms with E-state index < -0.39 is 58.4 Å². The molecular formula is C25H24F2N6O6S. The molecule has 2 aromatic carbocycles. The van der Waals surface area contributed by atoms with E-state index in [9.17, 15) is 18.8 Å². The number of hydrogen-bond donors (Lipinski definition) is 5. The van der Waals surface area contributed by atoms with E-state index in [2.05, 4.69) is 9.98 Å². The summed E-state index contributed by atoms with van der Waals surface area (Å²) in [5.74, 6) is -6.83. The number of phenols is 1. The molecule has 3 unspecified atom stereocenters. The van der Waals surface area contributed by atoms with Crippen LogP contribution in [0.3, 0.4) is 0 Å². The van der Waals surface area contributed by atoms with Crippen LogP contribution >= 0.6 is 0 Å². The van der Waals surface area contributed by atoms with E-state index in [0.29, 0.717) is 18.3 Å². The molecular weight excluding hydrogens is 550 g/mol. The highest BCUT2D eigenvalue weighted by atomic mass is 32.2. The summed E-state index contributed by atoms with van der Waals surface area (Å²) < 4.78 is 54.0. The summed E-state index contributed by atoms with van der Waals surface area (Å²) in [6.45, 7) is 0.458. The van der Waals surface area contributed by atoms with Gasteiger partial charge in [-0.15, -0.1) is 0 Å². The molecule has 3 atom stereocenters. The molecule has 3 aromatic rings. The van der Waals surface area contributed by atoms with Crippen LogP contribution in [0.25, 0.3) is 0 Å². The number of nitrogens with one attached hydrogen (secondary N) is 1. The van der Waals surface area contributed by atoms with E-state index in [-0.39, 0.29) is 33.5 Å². The monoisotopic (exact) mass is 574 g/mol. The lowest BCUT2D eigenvalue weighted by Gasteiger charge is -2.22. The number of aliphatic imine (C=N–C) groups is 1.